The van der Waals surface area contributed by atoms with Gasteiger partial charge in [-0.25, -0.2) is 12.7 Å². The molecule has 0 aliphatic carbocycles. The third-order valence-electron chi connectivity index (χ3n) is 3.78. The summed E-state index contributed by atoms with van der Waals surface area (Å²) in [6.45, 7) is 7.38. The van der Waals surface area contributed by atoms with Crippen LogP contribution in [0.3, 0.4) is 0 Å². The first-order valence-corrected chi connectivity index (χ1v) is 8.89. The van der Waals surface area contributed by atoms with Crippen molar-refractivity contribution in [3.8, 4) is 0 Å². The average molecular weight is 276 g/mol. The fourth-order valence-corrected chi connectivity index (χ4v) is 4.07. The van der Waals surface area contributed by atoms with Gasteiger partial charge in [0.05, 0.1) is 5.75 Å². The van der Waals surface area contributed by atoms with Gasteiger partial charge in [0.1, 0.15) is 0 Å². The van der Waals surface area contributed by atoms with E-state index >= 15 is 0 Å². The normalized spacial score (nSPS) is 22.9. The molecule has 0 aromatic carbocycles. The molecule has 1 rings (SSSR count). The van der Waals surface area contributed by atoms with Gasteiger partial charge in [0, 0.05) is 13.1 Å². The highest BCUT2D eigenvalue weighted by molar-refractivity contribution is 7.89. The molecule has 0 bridgehead atoms. The van der Waals surface area contributed by atoms with Crippen LogP contribution in [0.4, 0.5) is 0 Å². The molecular weight excluding hydrogens is 248 g/mol. The maximum absolute atomic E-state index is 12.2. The monoisotopic (exact) mass is 276 g/mol. The van der Waals surface area contributed by atoms with E-state index in [9.17, 15) is 8.42 Å². The molecule has 0 amide bonds. The molecule has 0 aromatic heterocycles. The van der Waals surface area contributed by atoms with Crippen molar-refractivity contribution >= 4 is 10.0 Å². The summed E-state index contributed by atoms with van der Waals surface area (Å²) < 4.78 is 26.1. The molecule has 1 N–H and O–H groups in total. The summed E-state index contributed by atoms with van der Waals surface area (Å²) >= 11 is 0. The largest absolute Gasteiger partial charge is 0.317 e. The van der Waals surface area contributed by atoms with Crippen LogP contribution >= 0.6 is 0 Å². The molecular formula is C13H28N2O2S. The lowest BCUT2D eigenvalue weighted by Crippen LogP contribution is -2.34. The maximum Gasteiger partial charge on any atom is 0.214 e. The van der Waals surface area contributed by atoms with E-state index in [-0.39, 0.29) is 5.75 Å². The third kappa shape index (κ3) is 5.24. The van der Waals surface area contributed by atoms with E-state index in [0.717, 1.165) is 39.0 Å². The number of nitrogens with zero attached hydrogens (tertiary/aromatic N) is 1. The van der Waals surface area contributed by atoms with Crippen LogP contribution in [-0.4, -0.2) is 44.7 Å². The van der Waals surface area contributed by atoms with Crippen molar-refractivity contribution in [1.82, 2.24) is 9.62 Å². The molecule has 0 spiro atoms. The highest BCUT2D eigenvalue weighted by Crippen LogP contribution is 2.22. The van der Waals surface area contributed by atoms with Crippen molar-refractivity contribution < 1.29 is 8.42 Å². The summed E-state index contributed by atoms with van der Waals surface area (Å²) in [5.74, 6) is 1.00. The van der Waals surface area contributed by atoms with Crippen LogP contribution in [0.1, 0.15) is 46.0 Å². The first-order chi connectivity index (χ1) is 8.60. The van der Waals surface area contributed by atoms with Gasteiger partial charge in [-0.15, -0.1) is 0 Å². The molecule has 108 valence electrons. The second kappa shape index (κ2) is 8.12. The first kappa shape index (κ1) is 15.9. The SMILES string of the molecule is CCNCCCS(=O)(=O)N1CCCC(CC)CC1. The van der Waals surface area contributed by atoms with E-state index in [1.165, 1.54) is 12.8 Å². The van der Waals surface area contributed by atoms with Gasteiger partial charge in [-0.1, -0.05) is 20.3 Å². The lowest BCUT2D eigenvalue weighted by molar-refractivity contribution is 0.406. The van der Waals surface area contributed by atoms with Gasteiger partial charge in [-0.2, -0.15) is 0 Å². The zero-order valence-electron chi connectivity index (χ0n) is 11.8. The van der Waals surface area contributed by atoms with Gasteiger partial charge in [-0.05, 0) is 44.7 Å². The van der Waals surface area contributed by atoms with Crippen molar-refractivity contribution in [2.75, 3.05) is 31.9 Å². The molecule has 4 nitrogen and oxygen atoms in total. The Morgan fingerprint density at radius 1 is 1.22 bits per heavy atom. The predicted molar refractivity (Wildman–Crippen MR) is 76.2 cm³/mol. The van der Waals surface area contributed by atoms with E-state index in [4.69, 9.17) is 0 Å². The molecule has 1 unspecified atom stereocenters. The van der Waals surface area contributed by atoms with Gasteiger partial charge < -0.3 is 5.32 Å². The second-order valence-electron chi connectivity index (χ2n) is 5.13. The minimum Gasteiger partial charge on any atom is -0.317 e. The van der Waals surface area contributed by atoms with Crippen LogP contribution in [0.5, 0.6) is 0 Å². The molecule has 1 saturated heterocycles. The lowest BCUT2D eigenvalue weighted by atomic mass is 9.98. The third-order valence-corrected chi connectivity index (χ3v) is 5.74. The van der Waals surface area contributed by atoms with E-state index in [2.05, 4.69) is 12.2 Å². The molecule has 1 fully saturated rings. The molecule has 1 atom stereocenters. The van der Waals surface area contributed by atoms with Crippen LogP contribution in [0.25, 0.3) is 0 Å². The van der Waals surface area contributed by atoms with E-state index < -0.39 is 10.0 Å². The molecule has 1 aliphatic rings. The van der Waals surface area contributed by atoms with Crippen LogP contribution in [0.2, 0.25) is 0 Å². The van der Waals surface area contributed by atoms with Gasteiger partial charge >= 0.3 is 0 Å². The fraction of sp³-hybridized carbons (Fsp3) is 1.00. The number of nitrogens with one attached hydrogen (secondary N) is 1. The molecule has 1 heterocycles. The van der Waals surface area contributed by atoms with Gasteiger partial charge in [0.25, 0.3) is 0 Å². The summed E-state index contributed by atoms with van der Waals surface area (Å²) in [6, 6.07) is 0. The number of hydrogen-bond donors (Lipinski definition) is 1. The van der Waals surface area contributed by atoms with Gasteiger partial charge in [-0.3, -0.25) is 0 Å². The van der Waals surface area contributed by atoms with Gasteiger partial charge in [0.2, 0.25) is 10.0 Å². The van der Waals surface area contributed by atoms with Crippen LogP contribution < -0.4 is 5.32 Å². The van der Waals surface area contributed by atoms with E-state index in [1.54, 1.807) is 4.31 Å². The zero-order valence-corrected chi connectivity index (χ0v) is 12.6. The van der Waals surface area contributed by atoms with E-state index in [0.29, 0.717) is 12.3 Å². The summed E-state index contributed by atoms with van der Waals surface area (Å²) in [7, 11) is -3.03. The quantitative estimate of drug-likeness (QED) is 0.722. The van der Waals surface area contributed by atoms with Crippen molar-refractivity contribution in [1.29, 1.82) is 0 Å². The van der Waals surface area contributed by atoms with Crippen molar-refractivity contribution in [3.05, 3.63) is 0 Å². The number of rotatable bonds is 7. The Balaban J connectivity index is 2.41. The summed E-state index contributed by atoms with van der Waals surface area (Å²) in [5, 5.41) is 3.17. The van der Waals surface area contributed by atoms with Crippen molar-refractivity contribution in [3.63, 3.8) is 0 Å². The molecule has 0 radical (unpaired) electrons. The van der Waals surface area contributed by atoms with E-state index in [1.807, 2.05) is 6.92 Å². The van der Waals surface area contributed by atoms with Crippen molar-refractivity contribution in [2.24, 2.45) is 5.92 Å². The first-order valence-electron chi connectivity index (χ1n) is 7.28. The minimum atomic E-state index is -3.03. The molecule has 0 saturated carbocycles. The average Bonchev–Trinajstić information content (AvgIpc) is 2.60. The molecule has 5 heteroatoms. The highest BCUT2D eigenvalue weighted by atomic mass is 32.2. The summed E-state index contributed by atoms with van der Waals surface area (Å²) in [5.41, 5.74) is 0. The Morgan fingerprint density at radius 3 is 2.67 bits per heavy atom. The Bertz CT molecular complexity index is 317. The Kier molecular flexibility index (Phi) is 7.19. The smallest absolute Gasteiger partial charge is 0.214 e. The summed E-state index contributed by atoms with van der Waals surface area (Å²) in [6.07, 6.45) is 5.12. The molecule has 0 aromatic rings. The Labute approximate surface area is 112 Å². The molecule has 1 aliphatic heterocycles. The highest BCUT2D eigenvalue weighted by Gasteiger charge is 2.24. The fourth-order valence-electron chi connectivity index (χ4n) is 2.51. The van der Waals surface area contributed by atoms with Crippen LogP contribution in [-0.2, 0) is 10.0 Å². The van der Waals surface area contributed by atoms with Crippen LogP contribution in [0.15, 0.2) is 0 Å². The number of hydrogen-bond acceptors (Lipinski definition) is 3. The molecule has 18 heavy (non-hydrogen) atoms. The lowest BCUT2D eigenvalue weighted by Gasteiger charge is -2.20. The Morgan fingerprint density at radius 2 is 2.00 bits per heavy atom. The maximum atomic E-state index is 12.2. The second-order valence-corrected chi connectivity index (χ2v) is 7.22. The zero-order chi connectivity index (χ0) is 13.4. The topological polar surface area (TPSA) is 49.4 Å². The van der Waals surface area contributed by atoms with Crippen molar-refractivity contribution in [2.45, 2.75) is 46.0 Å². The van der Waals surface area contributed by atoms with Crippen LogP contribution in [0, 0.1) is 5.92 Å². The summed E-state index contributed by atoms with van der Waals surface area (Å²) in [4.78, 5) is 0. The number of sulfonamides is 1. The Hall–Kier alpha value is -0.130. The minimum absolute atomic E-state index is 0.288. The predicted octanol–water partition coefficient (Wildman–Crippen LogP) is 1.83. The standard InChI is InChI=1S/C13H28N2O2S/c1-3-13-7-5-10-15(11-8-13)18(16,17)12-6-9-14-4-2/h13-14H,3-12H2,1-2H3. The van der Waals surface area contributed by atoms with Gasteiger partial charge in [0.15, 0.2) is 0 Å².